The average Bonchev–Trinajstić information content (AvgIpc) is 2.88. The Bertz CT molecular complexity index is 701. The number of rotatable bonds is 4. The Balaban J connectivity index is 2.34. The lowest BCUT2D eigenvalue weighted by atomic mass is 10.0. The first-order valence-electron chi connectivity index (χ1n) is 6.29. The lowest BCUT2D eigenvalue weighted by molar-refractivity contribution is 0.474. The van der Waals surface area contributed by atoms with Crippen LogP contribution in [0.4, 0.5) is 0 Å². The minimum Gasteiger partial charge on any atom is -0.320 e. The molecule has 0 radical (unpaired) electrons. The zero-order valence-corrected chi connectivity index (χ0v) is 13.4. The molecule has 1 aromatic heterocycles. The van der Waals surface area contributed by atoms with Crippen molar-refractivity contribution in [1.29, 1.82) is 0 Å². The van der Waals surface area contributed by atoms with Gasteiger partial charge in [-0.3, -0.25) is 0 Å². The Hall–Kier alpha value is -1.24. The van der Waals surface area contributed by atoms with Crippen LogP contribution in [-0.4, -0.2) is 19.7 Å². The molecule has 20 heavy (non-hydrogen) atoms. The van der Waals surface area contributed by atoms with E-state index in [0.717, 1.165) is 22.7 Å². The number of benzene rings is 1. The predicted molar refractivity (Wildman–Crippen MR) is 82.5 cm³/mol. The Morgan fingerprint density at radius 2 is 1.90 bits per heavy atom. The molecule has 6 heteroatoms. The summed E-state index contributed by atoms with van der Waals surface area (Å²) in [6.45, 7) is 3.99. The van der Waals surface area contributed by atoms with Crippen LogP contribution in [-0.2, 0) is 15.4 Å². The Kier molecular flexibility index (Phi) is 4.00. The summed E-state index contributed by atoms with van der Waals surface area (Å²) >= 11 is 1.53. The smallest absolute Gasteiger partial charge is 0.175 e. The summed E-state index contributed by atoms with van der Waals surface area (Å²) in [5.41, 5.74) is 7.48. The maximum atomic E-state index is 11.4. The minimum atomic E-state index is -3.16. The third-order valence-corrected chi connectivity index (χ3v) is 5.56. The Morgan fingerprint density at radius 3 is 2.40 bits per heavy atom. The Labute approximate surface area is 123 Å². The standard InChI is InChI=1S/C14H18N2O2S2/c1-4-14(2,15)13-16-12(9-19-13)10-5-7-11(8-6-10)20(3,17)18/h5-9H,4,15H2,1-3H3. The normalized spacial score (nSPS) is 15.0. The zero-order chi connectivity index (χ0) is 15.0. The van der Waals surface area contributed by atoms with E-state index in [1.807, 2.05) is 19.2 Å². The molecule has 1 atom stereocenters. The van der Waals surface area contributed by atoms with Gasteiger partial charge in [-0.05, 0) is 25.5 Å². The third kappa shape index (κ3) is 3.08. The summed E-state index contributed by atoms with van der Waals surface area (Å²) in [4.78, 5) is 4.87. The van der Waals surface area contributed by atoms with E-state index in [9.17, 15) is 8.42 Å². The molecule has 2 N–H and O–H groups in total. The second kappa shape index (κ2) is 5.27. The first-order chi connectivity index (χ1) is 9.24. The van der Waals surface area contributed by atoms with Crippen molar-refractivity contribution in [3.05, 3.63) is 34.7 Å². The monoisotopic (exact) mass is 310 g/mol. The maximum absolute atomic E-state index is 11.4. The van der Waals surface area contributed by atoms with E-state index in [0.29, 0.717) is 4.90 Å². The van der Waals surface area contributed by atoms with Crippen LogP contribution < -0.4 is 5.73 Å². The van der Waals surface area contributed by atoms with Gasteiger partial charge >= 0.3 is 0 Å². The van der Waals surface area contributed by atoms with Crippen LogP contribution in [0.3, 0.4) is 0 Å². The highest BCUT2D eigenvalue weighted by Gasteiger charge is 2.22. The van der Waals surface area contributed by atoms with Crippen LogP contribution in [0.15, 0.2) is 34.5 Å². The number of sulfone groups is 1. The quantitative estimate of drug-likeness (QED) is 0.942. The predicted octanol–water partition coefficient (Wildman–Crippen LogP) is 2.80. The van der Waals surface area contributed by atoms with Crippen LogP contribution in [0, 0.1) is 0 Å². The van der Waals surface area contributed by atoms with E-state index in [2.05, 4.69) is 4.98 Å². The van der Waals surface area contributed by atoms with Crippen molar-refractivity contribution in [2.45, 2.75) is 30.7 Å². The second-order valence-electron chi connectivity index (χ2n) is 5.11. The van der Waals surface area contributed by atoms with Gasteiger partial charge < -0.3 is 5.73 Å². The molecule has 0 aliphatic rings. The summed E-state index contributed by atoms with van der Waals surface area (Å²) in [7, 11) is -3.16. The first kappa shape index (κ1) is 15.2. The van der Waals surface area contributed by atoms with Crippen LogP contribution in [0.2, 0.25) is 0 Å². The highest BCUT2D eigenvalue weighted by Crippen LogP contribution is 2.29. The minimum absolute atomic E-state index is 0.314. The molecule has 2 rings (SSSR count). The number of nitrogens with two attached hydrogens (primary N) is 1. The van der Waals surface area contributed by atoms with Crippen molar-refractivity contribution in [3.63, 3.8) is 0 Å². The van der Waals surface area contributed by atoms with E-state index in [1.165, 1.54) is 17.6 Å². The van der Waals surface area contributed by atoms with Crippen molar-refractivity contribution in [2.24, 2.45) is 5.73 Å². The molecule has 0 bridgehead atoms. The highest BCUT2D eigenvalue weighted by molar-refractivity contribution is 7.90. The third-order valence-electron chi connectivity index (χ3n) is 3.31. The van der Waals surface area contributed by atoms with Crippen LogP contribution in [0.5, 0.6) is 0 Å². The number of aromatic nitrogens is 1. The van der Waals surface area contributed by atoms with Gasteiger partial charge in [0.15, 0.2) is 9.84 Å². The molecule has 0 aliphatic heterocycles. The van der Waals surface area contributed by atoms with Gasteiger partial charge in [-0.15, -0.1) is 11.3 Å². The molecule has 0 saturated heterocycles. The fourth-order valence-corrected chi connectivity index (χ4v) is 3.30. The molecule has 0 fully saturated rings. The summed E-state index contributed by atoms with van der Waals surface area (Å²) in [5.74, 6) is 0. The topological polar surface area (TPSA) is 73.0 Å². The first-order valence-corrected chi connectivity index (χ1v) is 9.06. The molecule has 4 nitrogen and oxygen atoms in total. The largest absolute Gasteiger partial charge is 0.320 e. The van der Waals surface area contributed by atoms with Crippen LogP contribution in [0.25, 0.3) is 11.3 Å². The fourth-order valence-electron chi connectivity index (χ4n) is 1.69. The van der Waals surface area contributed by atoms with Gasteiger partial charge in [-0.1, -0.05) is 19.1 Å². The van der Waals surface area contributed by atoms with Crippen LogP contribution in [0.1, 0.15) is 25.3 Å². The fraction of sp³-hybridized carbons (Fsp3) is 0.357. The van der Waals surface area contributed by atoms with Gasteiger partial charge in [-0.25, -0.2) is 13.4 Å². The zero-order valence-electron chi connectivity index (χ0n) is 11.8. The number of hydrogen-bond donors (Lipinski definition) is 1. The molecule has 1 aromatic carbocycles. The lowest BCUT2D eigenvalue weighted by Gasteiger charge is -2.18. The maximum Gasteiger partial charge on any atom is 0.175 e. The van der Waals surface area contributed by atoms with Gasteiger partial charge in [0.1, 0.15) is 5.01 Å². The van der Waals surface area contributed by atoms with E-state index in [-0.39, 0.29) is 0 Å². The van der Waals surface area contributed by atoms with E-state index >= 15 is 0 Å². The van der Waals surface area contributed by atoms with E-state index < -0.39 is 15.4 Å². The van der Waals surface area contributed by atoms with Gasteiger partial charge in [0.25, 0.3) is 0 Å². The van der Waals surface area contributed by atoms with Gasteiger partial charge in [-0.2, -0.15) is 0 Å². The number of hydrogen-bond acceptors (Lipinski definition) is 5. The van der Waals surface area contributed by atoms with Gasteiger partial charge in [0, 0.05) is 17.2 Å². The van der Waals surface area contributed by atoms with Gasteiger partial charge in [0.05, 0.1) is 16.1 Å². The summed E-state index contributed by atoms with van der Waals surface area (Å²) in [6, 6.07) is 6.75. The van der Waals surface area contributed by atoms with Crippen molar-refractivity contribution in [2.75, 3.05) is 6.26 Å². The lowest BCUT2D eigenvalue weighted by Crippen LogP contribution is -2.31. The molecule has 1 heterocycles. The second-order valence-corrected chi connectivity index (χ2v) is 7.98. The van der Waals surface area contributed by atoms with Gasteiger partial charge in [0.2, 0.25) is 0 Å². The SMILES string of the molecule is CCC(C)(N)c1nc(-c2ccc(S(C)(=O)=O)cc2)cs1. The Morgan fingerprint density at radius 1 is 1.30 bits per heavy atom. The van der Waals surface area contributed by atoms with E-state index in [4.69, 9.17) is 5.73 Å². The van der Waals surface area contributed by atoms with Crippen molar-refractivity contribution < 1.29 is 8.42 Å². The van der Waals surface area contributed by atoms with Crippen LogP contribution >= 0.6 is 11.3 Å². The molecule has 2 aromatic rings. The number of nitrogens with zero attached hydrogens (tertiary/aromatic N) is 1. The highest BCUT2D eigenvalue weighted by atomic mass is 32.2. The summed E-state index contributed by atoms with van der Waals surface area (Å²) < 4.78 is 22.9. The molecule has 0 aliphatic carbocycles. The summed E-state index contributed by atoms with van der Waals surface area (Å²) in [6.07, 6.45) is 2.01. The molecule has 1 unspecified atom stereocenters. The summed E-state index contributed by atoms with van der Waals surface area (Å²) in [5, 5.41) is 2.84. The average molecular weight is 310 g/mol. The number of thiazole rings is 1. The van der Waals surface area contributed by atoms with Crippen molar-refractivity contribution in [1.82, 2.24) is 4.98 Å². The molecule has 0 amide bonds. The molecular formula is C14H18N2O2S2. The molecule has 108 valence electrons. The van der Waals surface area contributed by atoms with E-state index in [1.54, 1.807) is 24.3 Å². The molecule has 0 spiro atoms. The molecular weight excluding hydrogens is 292 g/mol. The van der Waals surface area contributed by atoms with Crippen molar-refractivity contribution >= 4 is 21.2 Å². The molecule has 0 saturated carbocycles. The van der Waals surface area contributed by atoms with Crippen molar-refractivity contribution in [3.8, 4) is 11.3 Å².